The first kappa shape index (κ1) is 12.6. The zero-order valence-corrected chi connectivity index (χ0v) is 10.4. The third-order valence-electron chi connectivity index (χ3n) is 3.03. The van der Waals surface area contributed by atoms with E-state index in [2.05, 4.69) is 20.6 Å². The molecule has 2 rings (SSSR count). The Morgan fingerprint density at radius 3 is 2.89 bits per heavy atom. The van der Waals surface area contributed by atoms with Crippen LogP contribution in [-0.4, -0.2) is 28.5 Å². The number of hydrogen-bond donors (Lipinski definition) is 3. The lowest BCUT2D eigenvalue weighted by molar-refractivity contribution is -0.116. The molecule has 1 aliphatic rings. The fourth-order valence-electron chi connectivity index (χ4n) is 2.15. The molecule has 1 amide bonds. The molecule has 1 aromatic heterocycles. The summed E-state index contributed by atoms with van der Waals surface area (Å²) in [6.45, 7) is 0.0485. The van der Waals surface area contributed by atoms with E-state index < -0.39 is 5.91 Å². The van der Waals surface area contributed by atoms with Crippen LogP contribution in [0.3, 0.4) is 0 Å². The average Bonchev–Trinajstić information content (AvgIpc) is 2.38. The lowest BCUT2D eigenvalue weighted by atomic mass is 9.95. The Bertz CT molecular complexity index is 403. The minimum absolute atomic E-state index is 0.0485. The normalized spacial score (nSPS) is 16.2. The first-order valence-corrected chi connectivity index (χ1v) is 6.36. The van der Waals surface area contributed by atoms with Crippen molar-refractivity contribution in [2.45, 2.75) is 38.1 Å². The molecular weight excluding hydrogens is 230 g/mol. The molecular formula is C12H19N5O. The molecule has 1 fully saturated rings. The van der Waals surface area contributed by atoms with E-state index in [1.165, 1.54) is 32.1 Å². The number of nitrogens with one attached hydrogen (secondary N) is 2. The molecule has 1 heterocycles. The van der Waals surface area contributed by atoms with Crippen molar-refractivity contribution >= 4 is 17.7 Å². The van der Waals surface area contributed by atoms with Gasteiger partial charge in [0.2, 0.25) is 11.9 Å². The van der Waals surface area contributed by atoms with Crippen LogP contribution in [0.2, 0.25) is 0 Å². The van der Waals surface area contributed by atoms with Crippen molar-refractivity contribution in [3.05, 3.63) is 12.3 Å². The van der Waals surface area contributed by atoms with Crippen LogP contribution in [0.4, 0.5) is 11.8 Å². The predicted molar refractivity (Wildman–Crippen MR) is 70.2 cm³/mol. The Labute approximate surface area is 106 Å². The zero-order chi connectivity index (χ0) is 12.8. The van der Waals surface area contributed by atoms with E-state index in [0.29, 0.717) is 12.0 Å². The van der Waals surface area contributed by atoms with Gasteiger partial charge in [0.05, 0.1) is 6.54 Å². The molecule has 0 bridgehead atoms. The molecule has 0 spiro atoms. The summed E-state index contributed by atoms with van der Waals surface area (Å²) >= 11 is 0. The molecule has 0 radical (unpaired) electrons. The smallest absolute Gasteiger partial charge is 0.236 e. The number of amides is 1. The first-order valence-electron chi connectivity index (χ1n) is 6.36. The molecule has 0 saturated heterocycles. The predicted octanol–water partition coefficient (Wildman–Crippen LogP) is 1.12. The van der Waals surface area contributed by atoms with Gasteiger partial charge in [0.25, 0.3) is 0 Å². The summed E-state index contributed by atoms with van der Waals surface area (Å²) in [7, 11) is 0. The number of anilines is 2. The van der Waals surface area contributed by atoms with E-state index in [0.717, 1.165) is 5.82 Å². The van der Waals surface area contributed by atoms with Crippen LogP contribution in [-0.2, 0) is 4.79 Å². The van der Waals surface area contributed by atoms with Crippen LogP contribution in [0.25, 0.3) is 0 Å². The van der Waals surface area contributed by atoms with Gasteiger partial charge in [-0.3, -0.25) is 4.79 Å². The molecule has 0 atom stereocenters. The van der Waals surface area contributed by atoms with E-state index in [4.69, 9.17) is 5.73 Å². The minimum atomic E-state index is -0.427. The van der Waals surface area contributed by atoms with Crippen molar-refractivity contribution in [2.24, 2.45) is 5.73 Å². The van der Waals surface area contributed by atoms with Crippen LogP contribution >= 0.6 is 0 Å². The maximum atomic E-state index is 10.7. The highest BCUT2D eigenvalue weighted by molar-refractivity contribution is 5.78. The Balaban J connectivity index is 1.91. The van der Waals surface area contributed by atoms with Crippen molar-refractivity contribution in [3.8, 4) is 0 Å². The molecule has 0 aliphatic heterocycles. The van der Waals surface area contributed by atoms with Gasteiger partial charge in [-0.05, 0) is 18.9 Å². The van der Waals surface area contributed by atoms with Crippen LogP contribution in [0.5, 0.6) is 0 Å². The highest BCUT2D eigenvalue weighted by Crippen LogP contribution is 2.20. The number of aromatic nitrogens is 2. The van der Waals surface area contributed by atoms with Crippen molar-refractivity contribution in [3.63, 3.8) is 0 Å². The molecule has 1 aromatic rings. The molecule has 18 heavy (non-hydrogen) atoms. The number of primary amides is 1. The standard InChI is InChI=1S/C12H19N5O/c13-10(18)8-15-12-14-7-6-11(17-12)16-9-4-2-1-3-5-9/h6-7,9H,1-5,8H2,(H2,13,18)(H2,14,15,16,17). The summed E-state index contributed by atoms with van der Waals surface area (Å²) in [6, 6.07) is 2.34. The fourth-order valence-corrected chi connectivity index (χ4v) is 2.15. The van der Waals surface area contributed by atoms with Gasteiger partial charge in [-0.2, -0.15) is 4.98 Å². The van der Waals surface area contributed by atoms with Crippen molar-refractivity contribution in [1.29, 1.82) is 0 Å². The fraction of sp³-hybridized carbons (Fsp3) is 0.583. The van der Waals surface area contributed by atoms with Crippen LogP contribution < -0.4 is 16.4 Å². The third-order valence-corrected chi connectivity index (χ3v) is 3.03. The Morgan fingerprint density at radius 2 is 2.17 bits per heavy atom. The maximum Gasteiger partial charge on any atom is 0.236 e. The number of hydrogen-bond acceptors (Lipinski definition) is 5. The largest absolute Gasteiger partial charge is 0.368 e. The van der Waals surface area contributed by atoms with Gasteiger partial charge in [0, 0.05) is 12.2 Å². The van der Waals surface area contributed by atoms with Crippen LogP contribution in [0.1, 0.15) is 32.1 Å². The number of carbonyl (C=O) groups excluding carboxylic acids is 1. The van der Waals surface area contributed by atoms with Gasteiger partial charge in [-0.15, -0.1) is 0 Å². The second kappa shape index (κ2) is 6.18. The number of rotatable bonds is 5. The lowest BCUT2D eigenvalue weighted by Crippen LogP contribution is -2.24. The second-order valence-corrected chi connectivity index (χ2v) is 4.56. The Morgan fingerprint density at radius 1 is 1.39 bits per heavy atom. The number of nitrogens with two attached hydrogens (primary N) is 1. The molecule has 4 N–H and O–H groups in total. The summed E-state index contributed by atoms with van der Waals surface area (Å²) in [5.74, 6) is 0.794. The lowest BCUT2D eigenvalue weighted by Gasteiger charge is -2.23. The first-order chi connectivity index (χ1) is 8.74. The molecule has 6 nitrogen and oxygen atoms in total. The van der Waals surface area contributed by atoms with Crippen molar-refractivity contribution < 1.29 is 4.79 Å². The number of carbonyl (C=O) groups is 1. The van der Waals surface area contributed by atoms with Gasteiger partial charge in [-0.25, -0.2) is 4.98 Å². The summed E-state index contributed by atoms with van der Waals surface area (Å²) < 4.78 is 0. The van der Waals surface area contributed by atoms with E-state index >= 15 is 0 Å². The third kappa shape index (κ3) is 3.87. The van der Waals surface area contributed by atoms with E-state index in [-0.39, 0.29) is 6.54 Å². The van der Waals surface area contributed by atoms with Crippen LogP contribution in [0.15, 0.2) is 12.3 Å². The summed E-state index contributed by atoms with van der Waals surface area (Å²) in [5.41, 5.74) is 5.06. The summed E-state index contributed by atoms with van der Waals surface area (Å²) in [6.07, 6.45) is 7.92. The maximum absolute atomic E-state index is 10.7. The van der Waals surface area contributed by atoms with Crippen LogP contribution in [0, 0.1) is 0 Å². The molecule has 0 aromatic carbocycles. The van der Waals surface area contributed by atoms with Gasteiger partial charge >= 0.3 is 0 Å². The minimum Gasteiger partial charge on any atom is -0.368 e. The zero-order valence-electron chi connectivity index (χ0n) is 10.4. The van der Waals surface area contributed by atoms with Crippen molar-refractivity contribution in [2.75, 3.05) is 17.2 Å². The molecule has 1 saturated carbocycles. The molecule has 6 heteroatoms. The van der Waals surface area contributed by atoms with Gasteiger partial charge < -0.3 is 16.4 Å². The molecule has 98 valence electrons. The van der Waals surface area contributed by atoms with Gasteiger partial charge in [0.15, 0.2) is 0 Å². The average molecular weight is 249 g/mol. The highest BCUT2D eigenvalue weighted by Gasteiger charge is 2.13. The quantitative estimate of drug-likeness (QED) is 0.727. The topological polar surface area (TPSA) is 92.9 Å². The Kier molecular flexibility index (Phi) is 4.33. The van der Waals surface area contributed by atoms with Gasteiger partial charge in [-0.1, -0.05) is 19.3 Å². The van der Waals surface area contributed by atoms with Gasteiger partial charge in [0.1, 0.15) is 5.82 Å². The molecule has 0 unspecified atom stereocenters. The van der Waals surface area contributed by atoms with Crippen molar-refractivity contribution in [1.82, 2.24) is 9.97 Å². The summed E-state index contributed by atoms with van der Waals surface area (Å²) in [5, 5.41) is 6.19. The van der Waals surface area contributed by atoms with E-state index in [1.54, 1.807) is 6.20 Å². The monoisotopic (exact) mass is 249 g/mol. The molecule has 1 aliphatic carbocycles. The summed E-state index contributed by atoms with van der Waals surface area (Å²) in [4.78, 5) is 19.0. The highest BCUT2D eigenvalue weighted by atomic mass is 16.1. The second-order valence-electron chi connectivity index (χ2n) is 4.56. The van der Waals surface area contributed by atoms with E-state index in [1.807, 2.05) is 6.07 Å². The SMILES string of the molecule is NC(=O)CNc1nccc(NC2CCCCC2)n1. The Hall–Kier alpha value is -1.85. The number of nitrogens with zero attached hydrogens (tertiary/aromatic N) is 2. The van der Waals surface area contributed by atoms with E-state index in [9.17, 15) is 4.79 Å².